The van der Waals surface area contributed by atoms with E-state index in [-0.39, 0.29) is 0 Å². The van der Waals surface area contributed by atoms with Gasteiger partial charge in [0.15, 0.2) is 5.76 Å². The molecule has 7 heteroatoms. The normalized spacial score (nSPS) is 12.5. The zero-order valence-corrected chi connectivity index (χ0v) is 12.5. The Morgan fingerprint density at radius 3 is 2.76 bits per heavy atom. The highest BCUT2D eigenvalue weighted by atomic mass is 32.2. The summed E-state index contributed by atoms with van der Waals surface area (Å²) < 4.78 is 18.9. The zero-order valence-electron chi connectivity index (χ0n) is 11.7. The number of benzene rings is 1. The van der Waals surface area contributed by atoms with Crippen molar-refractivity contribution < 1.29 is 8.63 Å². The van der Waals surface area contributed by atoms with Crippen molar-refractivity contribution in [2.75, 3.05) is 6.26 Å². The van der Waals surface area contributed by atoms with Crippen LogP contribution in [0.2, 0.25) is 0 Å². The van der Waals surface area contributed by atoms with Gasteiger partial charge in [-0.05, 0) is 6.92 Å². The predicted octanol–water partition coefficient (Wildman–Crippen LogP) is 2.03. The molecule has 2 aromatic heterocycles. The van der Waals surface area contributed by atoms with Crippen molar-refractivity contribution in [3.05, 3.63) is 48.2 Å². The van der Waals surface area contributed by atoms with Gasteiger partial charge in [-0.1, -0.05) is 29.8 Å². The van der Waals surface area contributed by atoms with Gasteiger partial charge in [-0.15, -0.1) is 10.2 Å². The monoisotopic (exact) mass is 302 g/mol. The third-order valence-corrected chi connectivity index (χ3v) is 3.86. The number of aromatic nitrogens is 4. The summed E-state index contributed by atoms with van der Waals surface area (Å²) in [5.74, 6) is 1.23. The molecule has 0 aliphatic heterocycles. The Kier molecular flexibility index (Phi) is 3.66. The van der Waals surface area contributed by atoms with Crippen LogP contribution < -0.4 is 0 Å². The second kappa shape index (κ2) is 5.61. The molecule has 1 atom stereocenters. The molecule has 2 heterocycles. The van der Waals surface area contributed by atoms with Gasteiger partial charge in [-0.2, -0.15) is 0 Å². The Morgan fingerprint density at radius 1 is 1.29 bits per heavy atom. The largest absolute Gasteiger partial charge is 0.439 e. The third kappa shape index (κ3) is 2.92. The molecule has 0 bridgehead atoms. The topological polar surface area (TPSA) is 73.8 Å². The van der Waals surface area contributed by atoms with Crippen molar-refractivity contribution in [3.63, 3.8) is 0 Å². The lowest BCUT2D eigenvalue weighted by atomic mass is 10.1. The minimum Gasteiger partial charge on any atom is -0.439 e. The van der Waals surface area contributed by atoms with Crippen LogP contribution in [0.5, 0.6) is 0 Å². The van der Waals surface area contributed by atoms with E-state index < -0.39 is 10.8 Å². The Balaban J connectivity index is 1.83. The summed E-state index contributed by atoms with van der Waals surface area (Å²) in [4.78, 5) is 4.25. The van der Waals surface area contributed by atoms with Crippen LogP contribution >= 0.6 is 0 Å². The van der Waals surface area contributed by atoms with Crippen molar-refractivity contribution in [1.82, 2.24) is 19.7 Å². The number of aryl methyl sites for hydroxylation is 1. The first kappa shape index (κ1) is 13.7. The standard InChI is InChI=1S/C14H14N4O2S/c1-10-3-5-11(6-4-10)12-7-15-13(20-12)8-18-9-16-17-14(18)21(2)19/h3-7,9H,8H2,1-2H3/t21-/m1/s1. The average Bonchev–Trinajstić information content (AvgIpc) is 3.09. The molecule has 1 aromatic carbocycles. The van der Waals surface area contributed by atoms with Crippen molar-refractivity contribution >= 4 is 10.8 Å². The lowest BCUT2D eigenvalue weighted by Crippen LogP contribution is -2.05. The van der Waals surface area contributed by atoms with Crippen LogP contribution in [-0.4, -0.2) is 30.2 Å². The molecule has 108 valence electrons. The number of nitrogens with zero attached hydrogens (tertiary/aromatic N) is 4. The highest BCUT2D eigenvalue weighted by Crippen LogP contribution is 2.21. The van der Waals surface area contributed by atoms with E-state index in [1.54, 1.807) is 17.0 Å². The SMILES string of the molecule is Cc1ccc(-c2cnc(Cn3cnnc3[S@@](C)=O)o2)cc1. The van der Waals surface area contributed by atoms with E-state index in [0.29, 0.717) is 23.4 Å². The van der Waals surface area contributed by atoms with Gasteiger partial charge in [0, 0.05) is 11.8 Å². The van der Waals surface area contributed by atoms with Gasteiger partial charge in [0.05, 0.1) is 17.0 Å². The minimum absolute atomic E-state index is 0.355. The van der Waals surface area contributed by atoms with E-state index in [0.717, 1.165) is 5.56 Å². The Bertz CT molecular complexity index is 776. The van der Waals surface area contributed by atoms with Crippen molar-refractivity contribution in [2.45, 2.75) is 18.6 Å². The molecular weight excluding hydrogens is 288 g/mol. The van der Waals surface area contributed by atoms with Gasteiger partial charge in [-0.3, -0.25) is 8.78 Å². The van der Waals surface area contributed by atoms with Crippen LogP contribution in [0, 0.1) is 6.92 Å². The first-order chi connectivity index (χ1) is 10.1. The molecule has 3 aromatic rings. The second-order valence-corrected chi connectivity index (χ2v) is 5.95. The van der Waals surface area contributed by atoms with Crippen LogP contribution in [-0.2, 0) is 17.3 Å². The highest BCUT2D eigenvalue weighted by Gasteiger charge is 2.12. The molecule has 0 saturated heterocycles. The Morgan fingerprint density at radius 2 is 2.05 bits per heavy atom. The molecule has 0 aliphatic rings. The molecule has 0 saturated carbocycles. The molecule has 0 aliphatic carbocycles. The lowest BCUT2D eigenvalue weighted by Gasteiger charge is -2.01. The quantitative estimate of drug-likeness (QED) is 0.737. The summed E-state index contributed by atoms with van der Waals surface area (Å²) in [5.41, 5.74) is 2.17. The molecule has 3 rings (SSSR count). The summed E-state index contributed by atoms with van der Waals surface area (Å²) in [7, 11) is -1.19. The molecule has 0 unspecified atom stereocenters. The van der Waals surface area contributed by atoms with Crippen molar-refractivity contribution in [2.24, 2.45) is 0 Å². The van der Waals surface area contributed by atoms with Gasteiger partial charge in [0.2, 0.25) is 11.0 Å². The number of hydrogen-bond acceptors (Lipinski definition) is 5. The van der Waals surface area contributed by atoms with E-state index >= 15 is 0 Å². The fraction of sp³-hybridized carbons (Fsp3) is 0.214. The van der Waals surface area contributed by atoms with E-state index in [1.807, 2.05) is 31.2 Å². The molecular formula is C14H14N4O2S. The predicted molar refractivity (Wildman–Crippen MR) is 78.1 cm³/mol. The summed E-state index contributed by atoms with van der Waals surface area (Å²) in [6, 6.07) is 8.03. The molecule has 0 N–H and O–H groups in total. The van der Waals surface area contributed by atoms with Crippen molar-refractivity contribution in [3.8, 4) is 11.3 Å². The summed E-state index contributed by atoms with van der Waals surface area (Å²) in [6.07, 6.45) is 4.77. The third-order valence-electron chi connectivity index (χ3n) is 3.03. The van der Waals surface area contributed by atoms with Crippen LogP contribution in [0.15, 0.2) is 46.4 Å². The Labute approximate surface area is 124 Å². The van der Waals surface area contributed by atoms with Gasteiger partial charge in [0.25, 0.3) is 0 Å². The van der Waals surface area contributed by atoms with E-state index in [1.165, 1.54) is 11.9 Å². The summed E-state index contributed by atoms with van der Waals surface area (Å²) in [5, 5.41) is 8.00. The van der Waals surface area contributed by atoms with E-state index in [9.17, 15) is 4.21 Å². The van der Waals surface area contributed by atoms with Crippen LogP contribution in [0.4, 0.5) is 0 Å². The molecule has 0 fully saturated rings. The number of hydrogen-bond donors (Lipinski definition) is 0. The molecule has 0 spiro atoms. The van der Waals surface area contributed by atoms with Gasteiger partial charge in [0.1, 0.15) is 12.9 Å². The van der Waals surface area contributed by atoms with E-state index in [4.69, 9.17) is 4.42 Å². The fourth-order valence-corrected chi connectivity index (χ4v) is 2.56. The van der Waals surface area contributed by atoms with Gasteiger partial charge < -0.3 is 4.42 Å². The van der Waals surface area contributed by atoms with Gasteiger partial charge in [-0.25, -0.2) is 4.98 Å². The first-order valence-electron chi connectivity index (χ1n) is 6.36. The molecule has 21 heavy (non-hydrogen) atoms. The summed E-state index contributed by atoms with van der Waals surface area (Å²) in [6.45, 7) is 2.39. The van der Waals surface area contributed by atoms with Crippen molar-refractivity contribution in [1.29, 1.82) is 0 Å². The maximum atomic E-state index is 11.5. The first-order valence-corrected chi connectivity index (χ1v) is 7.92. The minimum atomic E-state index is -1.19. The van der Waals surface area contributed by atoms with Crippen LogP contribution in [0.25, 0.3) is 11.3 Å². The molecule has 0 amide bonds. The lowest BCUT2D eigenvalue weighted by molar-refractivity contribution is 0.477. The highest BCUT2D eigenvalue weighted by molar-refractivity contribution is 7.84. The zero-order chi connectivity index (χ0) is 14.8. The maximum Gasteiger partial charge on any atom is 0.221 e. The van der Waals surface area contributed by atoms with Crippen LogP contribution in [0.1, 0.15) is 11.5 Å². The van der Waals surface area contributed by atoms with Gasteiger partial charge >= 0.3 is 0 Å². The second-order valence-electron chi connectivity index (χ2n) is 4.68. The van der Waals surface area contributed by atoms with Crippen LogP contribution in [0.3, 0.4) is 0 Å². The fourth-order valence-electron chi connectivity index (χ4n) is 1.96. The maximum absolute atomic E-state index is 11.5. The number of rotatable bonds is 4. The molecule has 6 nitrogen and oxygen atoms in total. The number of oxazole rings is 1. The smallest absolute Gasteiger partial charge is 0.221 e. The average molecular weight is 302 g/mol. The Hall–Kier alpha value is -2.28. The summed E-state index contributed by atoms with van der Waals surface area (Å²) >= 11 is 0. The molecule has 0 radical (unpaired) electrons. The van der Waals surface area contributed by atoms with E-state index in [2.05, 4.69) is 15.2 Å².